The molecule has 0 amide bonds. The minimum Gasteiger partial charge on any atom is -0.476 e. The van der Waals surface area contributed by atoms with E-state index in [9.17, 15) is 4.79 Å². The van der Waals surface area contributed by atoms with Crippen LogP contribution < -0.4 is 0 Å². The molecule has 1 saturated carbocycles. The van der Waals surface area contributed by atoms with E-state index in [1.165, 1.54) is 19.0 Å². The van der Waals surface area contributed by atoms with E-state index < -0.39 is 5.97 Å². The van der Waals surface area contributed by atoms with Gasteiger partial charge in [-0.2, -0.15) is 0 Å². The summed E-state index contributed by atoms with van der Waals surface area (Å²) in [5.74, 6) is -1.02. The Morgan fingerprint density at radius 1 is 1.57 bits per heavy atom. The highest BCUT2D eigenvalue weighted by molar-refractivity contribution is 5.84. The Hall–Kier alpha value is -1.39. The van der Waals surface area contributed by atoms with E-state index in [2.05, 4.69) is 17.2 Å². The topological polar surface area (TPSA) is 68.0 Å². The zero-order valence-corrected chi connectivity index (χ0v) is 8.10. The first kappa shape index (κ1) is 9.18. The van der Waals surface area contributed by atoms with Gasteiger partial charge in [-0.3, -0.25) is 0 Å². The highest BCUT2D eigenvalue weighted by atomic mass is 16.4. The molecule has 1 heterocycles. The summed E-state index contributed by atoms with van der Waals surface area (Å²) in [6.07, 6.45) is 5.98. The van der Waals surface area contributed by atoms with Crippen LogP contribution in [0, 0.1) is 0 Å². The van der Waals surface area contributed by atoms with E-state index in [0.29, 0.717) is 0 Å². The van der Waals surface area contributed by atoms with Crippen molar-refractivity contribution in [2.75, 3.05) is 0 Å². The van der Waals surface area contributed by atoms with Crippen LogP contribution in [0.15, 0.2) is 6.20 Å². The molecule has 0 radical (unpaired) electrons. The van der Waals surface area contributed by atoms with Crippen molar-refractivity contribution in [3.8, 4) is 0 Å². The first-order valence-corrected chi connectivity index (χ1v) is 4.78. The first-order chi connectivity index (χ1) is 6.62. The lowest BCUT2D eigenvalue weighted by Crippen LogP contribution is -2.26. The third-order valence-corrected chi connectivity index (χ3v) is 2.95. The van der Waals surface area contributed by atoms with E-state index in [1.54, 1.807) is 4.68 Å². The Bertz CT molecular complexity index is 353. The minimum atomic E-state index is -1.02. The molecule has 1 aromatic rings. The molecule has 5 nitrogen and oxygen atoms in total. The highest BCUT2D eigenvalue weighted by Gasteiger charge is 2.32. The lowest BCUT2D eigenvalue weighted by atomic mass is 10.0. The molecular formula is C9H13N3O2. The molecule has 0 spiro atoms. The van der Waals surface area contributed by atoms with Crippen LogP contribution in [0.25, 0.3) is 0 Å². The standard InChI is InChI=1S/C9H13N3O2/c1-9(4-2-3-5-9)12-6-7(8(13)14)10-11-12/h6H,2-5H2,1H3,(H,13,14). The fourth-order valence-electron chi connectivity index (χ4n) is 1.99. The quantitative estimate of drug-likeness (QED) is 0.771. The lowest BCUT2D eigenvalue weighted by Gasteiger charge is -2.22. The number of carboxylic acid groups (broad SMARTS) is 1. The second-order valence-corrected chi connectivity index (χ2v) is 4.06. The van der Waals surface area contributed by atoms with E-state index in [0.717, 1.165) is 12.8 Å². The van der Waals surface area contributed by atoms with E-state index in [1.807, 2.05) is 0 Å². The van der Waals surface area contributed by atoms with Crippen LogP contribution >= 0.6 is 0 Å². The molecule has 5 heteroatoms. The average molecular weight is 195 g/mol. The van der Waals surface area contributed by atoms with Crippen LogP contribution in [0.5, 0.6) is 0 Å². The summed E-state index contributed by atoms with van der Waals surface area (Å²) in [6, 6.07) is 0. The maximum atomic E-state index is 10.6. The van der Waals surface area contributed by atoms with Gasteiger partial charge < -0.3 is 5.11 Å². The van der Waals surface area contributed by atoms with Crippen LogP contribution in [0.2, 0.25) is 0 Å². The van der Waals surface area contributed by atoms with Crippen LogP contribution in [-0.4, -0.2) is 26.1 Å². The van der Waals surface area contributed by atoms with E-state index >= 15 is 0 Å². The number of carboxylic acids is 1. The predicted molar refractivity (Wildman–Crippen MR) is 49.1 cm³/mol. The number of hydrogen-bond donors (Lipinski definition) is 1. The van der Waals surface area contributed by atoms with Gasteiger partial charge in [0.15, 0.2) is 5.69 Å². The molecular weight excluding hydrogens is 182 g/mol. The summed E-state index contributed by atoms with van der Waals surface area (Å²) in [6.45, 7) is 2.10. The van der Waals surface area contributed by atoms with E-state index in [-0.39, 0.29) is 11.2 Å². The zero-order chi connectivity index (χ0) is 10.2. The van der Waals surface area contributed by atoms with Crippen molar-refractivity contribution < 1.29 is 9.90 Å². The normalized spacial score (nSPS) is 19.8. The molecule has 1 N–H and O–H groups in total. The van der Waals surface area contributed by atoms with Crippen LogP contribution in [0.4, 0.5) is 0 Å². The largest absolute Gasteiger partial charge is 0.476 e. The Morgan fingerprint density at radius 2 is 2.21 bits per heavy atom. The van der Waals surface area contributed by atoms with Crippen molar-refractivity contribution in [1.29, 1.82) is 0 Å². The number of rotatable bonds is 2. The predicted octanol–water partition coefficient (Wildman–Crippen LogP) is 1.27. The molecule has 1 aliphatic carbocycles. The summed E-state index contributed by atoms with van der Waals surface area (Å²) in [4.78, 5) is 10.6. The van der Waals surface area contributed by atoms with Gasteiger partial charge in [0.1, 0.15) is 0 Å². The molecule has 0 aliphatic heterocycles. The number of carbonyl (C=O) groups is 1. The second-order valence-electron chi connectivity index (χ2n) is 4.06. The van der Waals surface area contributed by atoms with Crippen molar-refractivity contribution in [3.63, 3.8) is 0 Å². The van der Waals surface area contributed by atoms with Gasteiger partial charge in [0.2, 0.25) is 0 Å². The molecule has 1 fully saturated rings. The van der Waals surface area contributed by atoms with Gasteiger partial charge in [0, 0.05) is 0 Å². The number of aromatic carboxylic acids is 1. The summed E-state index contributed by atoms with van der Waals surface area (Å²) in [5.41, 5.74) is -0.00104. The number of hydrogen-bond acceptors (Lipinski definition) is 3. The molecule has 0 unspecified atom stereocenters. The number of aromatic nitrogens is 3. The molecule has 1 aliphatic rings. The third kappa shape index (κ3) is 1.38. The van der Waals surface area contributed by atoms with Crippen molar-refractivity contribution in [2.45, 2.75) is 38.1 Å². The summed E-state index contributed by atoms with van der Waals surface area (Å²) in [5, 5.41) is 16.2. The monoisotopic (exact) mass is 195 g/mol. The summed E-state index contributed by atoms with van der Waals surface area (Å²) >= 11 is 0. The van der Waals surface area contributed by atoms with Crippen LogP contribution in [-0.2, 0) is 5.54 Å². The Labute approximate surface area is 81.7 Å². The maximum Gasteiger partial charge on any atom is 0.358 e. The smallest absolute Gasteiger partial charge is 0.358 e. The van der Waals surface area contributed by atoms with Crippen molar-refractivity contribution >= 4 is 5.97 Å². The summed E-state index contributed by atoms with van der Waals surface area (Å²) in [7, 11) is 0. The van der Waals surface area contributed by atoms with Gasteiger partial charge in [-0.1, -0.05) is 18.1 Å². The van der Waals surface area contributed by atoms with Gasteiger partial charge >= 0.3 is 5.97 Å². The molecule has 0 saturated heterocycles. The molecule has 1 aromatic heterocycles. The highest BCUT2D eigenvalue weighted by Crippen LogP contribution is 2.35. The fraction of sp³-hybridized carbons (Fsp3) is 0.667. The van der Waals surface area contributed by atoms with Crippen LogP contribution in [0.3, 0.4) is 0 Å². The first-order valence-electron chi connectivity index (χ1n) is 4.78. The van der Waals surface area contributed by atoms with Gasteiger partial charge in [-0.25, -0.2) is 9.48 Å². The SMILES string of the molecule is CC1(n2cc(C(=O)O)nn2)CCCC1. The molecule has 2 rings (SSSR count). The van der Waals surface area contributed by atoms with Gasteiger partial charge in [0.25, 0.3) is 0 Å². The van der Waals surface area contributed by atoms with Gasteiger partial charge in [-0.15, -0.1) is 5.10 Å². The summed E-state index contributed by atoms with van der Waals surface area (Å²) < 4.78 is 1.70. The van der Waals surface area contributed by atoms with Crippen molar-refractivity contribution in [1.82, 2.24) is 15.0 Å². The number of nitrogens with zero attached hydrogens (tertiary/aromatic N) is 3. The molecule has 0 atom stereocenters. The molecule has 0 aromatic carbocycles. The fourth-order valence-corrected chi connectivity index (χ4v) is 1.99. The lowest BCUT2D eigenvalue weighted by molar-refractivity contribution is 0.0690. The Balaban J connectivity index is 2.28. The van der Waals surface area contributed by atoms with Gasteiger partial charge in [0.05, 0.1) is 11.7 Å². The van der Waals surface area contributed by atoms with E-state index in [4.69, 9.17) is 5.11 Å². The third-order valence-electron chi connectivity index (χ3n) is 2.95. The Morgan fingerprint density at radius 3 is 2.71 bits per heavy atom. The van der Waals surface area contributed by atoms with Crippen LogP contribution in [0.1, 0.15) is 43.1 Å². The van der Waals surface area contributed by atoms with Crippen molar-refractivity contribution in [2.24, 2.45) is 0 Å². The molecule has 14 heavy (non-hydrogen) atoms. The average Bonchev–Trinajstić information content (AvgIpc) is 2.71. The van der Waals surface area contributed by atoms with Crippen molar-refractivity contribution in [3.05, 3.63) is 11.9 Å². The minimum absolute atomic E-state index is 0.0260. The maximum absolute atomic E-state index is 10.6. The molecule has 76 valence electrons. The Kier molecular flexibility index (Phi) is 2.02. The second kappa shape index (κ2) is 3.08. The molecule has 0 bridgehead atoms. The van der Waals surface area contributed by atoms with Gasteiger partial charge in [-0.05, 0) is 19.8 Å². The zero-order valence-electron chi connectivity index (χ0n) is 8.10.